The molecule has 2 heterocycles. The van der Waals surface area contributed by atoms with Gasteiger partial charge in [-0.3, -0.25) is 4.79 Å². The monoisotopic (exact) mass is 244 g/mol. The van der Waals surface area contributed by atoms with Crippen LogP contribution in [0.5, 0.6) is 0 Å². The van der Waals surface area contributed by atoms with Crippen molar-refractivity contribution in [3.05, 3.63) is 0 Å². The summed E-state index contributed by atoms with van der Waals surface area (Å²) in [7, 11) is 0. The van der Waals surface area contributed by atoms with Crippen LogP contribution < -0.4 is 0 Å². The van der Waals surface area contributed by atoms with Crippen LogP contribution in [-0.4, -0.2) is 43.8 Å². The molecule has 0 spiro atoms. The van der Waals surface area contributed by atoms with E-state index >= 15 is 0 Å². The van der Waals surface area contributed by atoms with Crippen molar-refractivity contribution in [1.82, 2.24) is 0 Å². The van der Waals surface area contributed by atoms with E-state index in [9.17, 15) is 4.79 Å². The first-order chi connectivity index (χ1) is 8.04. The summed E-state index contributed by atoms with van der Waals surface area (Å²) < 4.78 is 21.9. The van der Waals surface area contributed by atoms with E-state index in [1.165, 1.54) is 0 Å². The second-order valence-corrected chi connectivity index (χ2v) is 4.86. The van der Waals surface area contributed by atoms with E-state index in [-0.39, 0.29) is 24.6 Å². The third-order valence-corrected chi connectivity index (χ3v) is 3.21. The predicted octanol–water partition coefficient (Wildman–Crippen LogP) is 1.11. The molecule has 5 nitrogen and oxygen atoms in total. The Balaban J connectivity index is 1.95. The average molecular weight is 244 g/mol. The van der Waals surface area contributed by atoms with Crippen LogP contribution in [0.2, 0.25) is 0 Å². The van der Waals surface area contributed by atoms with Gasteiger partial charge in [-0.15, -0.1) is 0 Å². The third-order valence-electron chi connectivity index (χ3n) is 3.21. The van der Waals surface area contributed by atoms with Crippen LogP contribution in [0.25, 0.3) is 0 Å². The van der Waals surface area contributed by atoms with Crippen molar-refractivity contribution >= 4 is 5.97 Å². The molecule has 0 aliphatic carbocycles. The molecule has 98 valence electrons. The zero-order valence-corrected chi connectivity index (χ0v) is 10.6. The summed E-state index contributed by atoms with van der Waals surface area (Å²) in [5.41, 5.74) is 0. The smallest absolute Gasteiger partial charge is 0.311 e. The third kappa shape index (κ3) is 2.78. The first-order valence-electron chi connectivity index (χ1n) is 6.13. The van der Waals surface area contributed by atoms with E-state index in [0.29, 0.717) is 25.7 Å². The van der Waals surface area contributed by atoms with Crippen molar-refractivity contribution in [3.8, 4) is 0 Å². The van der Waals surface area contributed by atoms with Crippen LogP contribution in [-0.2, 0) is 23.7 Å². The van der Waals surface area contributed by atoms with Gasteiger partial charge < -0.3 is 18.9 Å². The average Bonchev–Trinajstić information content (AvgIpc) is 2.60. The van der Waals surface area contributed by atoms with Gasteiger partial charge in [0.25, 0.3) is 0 Å². The van der Waals surface area contributed by atoms with E-state index in [1.54, 1.807) is 13.8 Å². The highest BCUT2D eigenvalue weighted by atomic mass is 16.7. The van der Waals surface area contributed by atoms with E-state index in [1.807, 2.05) is 0 Å². The molecule has 4 atom stereocenters. The van der Waals surface area contributed by atoms with Crippen molar-refractivity contribution in [1.29, 1.82) is 0 Å². The molecule has 0 saturated carbocycles. The van der Waals surface area contributed by atoms with Crippen molar-refractivity contribution < 1.29 is 23.7 Å². The Morgan fingerprint density at radius 1 is 1.47 bits per heavy atom. The molecule has 0 aromatic rings. The minimum Gasteiger partial charge on any atom is -0.466 e. The molecule has 0 aromatic heterocycles. The highest BCUT2D eigenvalue weighted by molar-refractivity contribution is 5.70. The number of carbonyl (C=O) groups excluding carboxylic acids is 1. The molecule has 5 heteroatoms. The standard InChI is InChI=1S/C12H20O5/c1-4-14-10(13)5-12(3)16-7-9-11(17-12)8(2)6-15-9/h8-9,11H,4-7H2,1-3H3. The zero-order valence-electron chi connectivity index (χ0n) is 10.6. The summed E-state index contributed by atoms with van der Waals surface area (Å²) in [6, 6.07) is 0. The van der Waals surface area contributed by atoms with Gasteiger partial charge in [0.2, 0.25) is 0 Å². The van der Waals surface area contributed by atoms with E-state index in [4.69, 9.17) is 18.9 Å². The first kappa shape index (κ1) is 12.8. The normalized spacial score (nSPS) is 41.0. The number of carbonyl (C=O) groups is 1. The zero-order chi connectivity index (χ0) is 12.5. The van der Waals surface area contributed by atoms with Gasteiger partial charge in [0.15, 0.2) is 5.79 Å². The van der Waals surface area contributed by atoms with Gasteiger partial charge >= 0.3 is 5.97 Å². The van der Waals surface area contributed by atoms with Crippen molar-refractivity contribution in [3.63, 3.8) is 0 Å². The Hall–Kier alpha value is -0.650. The van der Waals surface area contributed by atoms with Gasteiger partial charge in [0.1, 0.15) is 6.10 Å². The second kappa shape index (κ2) is 4.92. The summed E-state index contributed by atoms with van der Waals surface area (Å²) in [6.07, 6.45) is 0.139. The second-order valence-electron chi connectivity index (χ2n) is 4.86. The molecule has 4 unspecified atom stereocenters. The Labute approximate surface area is 101 Å². The highest BCUT2D eigenvalue weighted by Gasteiger charge is 2.47. The fourth-order valence-corrected chi connectivity index (χ4v) is 2.31. The molecular formula is C12H20O5. The molecule has 0 aromatic carbocycles. The lowest BCUT2D eigenvalue weighted by Crippen LogP contribution is -2.50. The summed E-state index contributed by atoms with van der Waals surface area (Å²) >= 11 is 0. The van der Waals surface area contributed by atoms with Gasteiger partial charge in [-0.2, -0.15) is 0 Å². The maximum Gasteiger partial charge on any atom is 0.311 e. The molecule has 2 aliphatic rings. The highest BCUT2D eigenvalue weighted by Crippen LogP contribution is 2.35. The fourth-order valence-electron chi connectivity index (χ4n) is 2.31. The van der Waals surface area contributed by atoms with Crippen LogP contribution in [0.1, 0.15) is 27.2 Å². The largest absolute Gasteiger partial charge is 0.466 e. The Morgan fingerprint density at radius 3 is 2.94 bits per heavy atom. The topological polar surface area (TPSA) is 54.0 Å². The Kier molecular flexibility index (Phi) is 3.70. The summed E-state index contributed by atoms with van der Waals surface area (Å²) in [5, 5.41) is 0. The molecule has 0 bridgehead atoms. The number of hydrogen-bond acceptors (Lipinski definition) is 5. The first-order valence-corrected chi connectivity index (χ1v) is 6.13. The van der Waals surface area contributed by atoms with Crippen LogP contribution in [0.4, 0.5) is 0 Å². The van der Waals surface area contributed by atoms with Crippen molar-refractivity contribution in [2.75, 3.05) is 19.8 Å². The number of ether oxygens (including phenoxy) is 4. The lowest BCUT2D eigenvalue weighted by atomic mass is 10.0. The summed E-state index contributed by atoms with van der Waals surface area (Å²) in [6.45, 7) is 7.19. The maximum atomic E-state index is 11.5. The molecule has 2 aliphatic heterocycles. The molecular weight excluding hydrogens is 224 g/mol. The Bertz CT molecular complexity index is 293. The van der Waals surface area contributed by atoms with E-state index < -0.39 is 5.79 Å². The number of esters is 1. The lowest BCUT2D eigenvalue weighted by molar-refractivity contribution is -0.306. The van der Waals surface area contributed by atoms with Gasteiger partial charge in [-0.25, -0.2) is 0 Å². The minimum atomic E-state index is -0.880. The minimum absolute atomic E-state index is 0.000251. The SMILES string of the molecule is CCOC(=O)CC1(C)OCC2OCC(C)C2O1. The lowest BCUT2D eigenvalue weighted by Gasteiger charge is -2.40. The van der Waals surface area contributed by atoms with Gasteiger partial charge in [-0.05, 0) is 13.8 Å². The molecule has 17 heavy (non-hydrogen) atoms. The number of rotatable bonds is 3. The van der Waals surface area contributed by atoms with Crippen molar-refractivity contribution in [2.24, 2.45) is 5.92 Å². The van der Waals surface area contributed by atoms with Gasteiger partial charge in [0.05, 0.1) is 32.3 Å². The summed E-state index contributed by atoms with van der Waals surface area (Å²) in [5.74, 6) is -0.833. The predicted molar refractivity (Wildman–Crippen MR) is 59.4 cm³/mol. The molecule has 2 saturated heterocycles. The van der Waals surface area contributed by atoms with Crippen LogP contribution in [0, 0.1) is 5.92 Å². The summed E-state index contributed by atoms with van der Waals surface area (Å²) in [4.78, 5) is 11.5. The Morgan fingerprint density at radius 2 is 2.24 bits per heavy atom. The molecule has 2 fully saturated rings. The van der Waals surface area contributed by atoms with Crippen LogP contribution in [0.15, 0.2) is 0 Å². The van der Waals surface area contributed by atoms with Gasteiger partial charge in [0, 0.05) is 5.92 Å². The fraction of sp³-hybridized carbons (Fsp3) is 0.917. The molecule has 0 amide bonds. The van der Waals surface area contributed by atoms with E-state index in [0.717, 1.165) is 0 Å². The van der Waals surface area contributed by atoms with Crippen LogP contribution in [0.3, 0.4) is 0 Å². The maximum absolute atomic E-state index is 11.5. The quantitative estimate of drug-likeness (QED) is 0.696. The molecule has 0 radical (unpaired) electrons. The van der Waals surface area contributed by atoms with Gasteiger partial charge in [-0.1, -0.05) is 6.92 Å². The number of hydrogen-bond donors (Lipinski definition) is 0. The molecule has 2 rings (SSSR count). The van der Waals surface area contributed by atoms with E-state index in [2.05, 4.69) is 6.92 Å². The molecule has 0 N–H and O–H groups in total. The van der Waals surface area contributed by atoms with Crippen molar-refractivity contribution in [2.45, 2.75) is 45.2 Å². The number of fused-ring (bicyclic) bond motifs is 1. The van der Waals surface area contributed by atoms with Crippen LogP contribution >= 0.6 is 0 Å².